The molecule has 1 aromatic carbocycles. The molecule has 2 heterocycles. The summed E-state index contributed by atoms with van der Waals surface area (Å²) >= 11 is 0. The van der Waals surface area contributed by atoms with Crippen molar-refractivity contribution in [2.45, 2.75) is 20.4 Å². The van der Waals surface area contributed by atoms with Gasteiger partial charge in [-0.05, 0) is 17.7 Å². The lowest BCUT2D eigenvalue weighted by atomic mass is 10.2. The van der Waals surface area contributed by atoms with Gasteiger partial charge in [0.05, 0.1) is 0 Å². The fraction of sp³-hybridized carbons (Fsp3) is 0.571. The summed E-state index contributed by atoms with van der Waals surface area (Å²) in [7, 11) is 0. The van der Waals surface area contributed by atoms with Crippen LogP contribution in [0.2, 0.25) is 0 Å². The molecule has 0 atom stereocenters. The standard InChI is InChI=1S/C12H16N2O2.C2H6/c1-2-11-12(16-9-15-11)7-10(1)8-14-5-3-13-4-6-14;1-2/h1-2,7,13H,3-6,8-9H2;1-2H3. The fourth-order valence-corrected chi connectivity index (χ4v) is 2.17. The van der Waals surface area contributed by atoms with Crippen LogP contribution in [0, 0.1) is 0 Å². The van der Waals surface area contributed by atoms with E-state index in [1.165, 1.54) is 5.56 Å². The van der Waals surface area contributed by atoms with E-state index >= 15 is 0 Å². The normalized spacial score (nSPS) is 18.1. The minimum Gasteiger partial charge on any atom is -0.454 e. The van der Waals surface area contributed by atoms with Gasteiger partial charge in [0.2, 0.25) is 6.79 Å². The van der Waals surface area contributed by atoms with E-state index in [1.807, 2.05) is 19.9 Å². The number of hydrogen-bond acceptors (Lipinski definition) is 4. The first-order valence-electron chi connectivity index (χ1n) is 6.73. The average molecular weight is 250 g/mol. The zero-order valence-electron chi connectivity index (χ0n) is 11.2. The Morgan fingerprint density at radius 2 is 1.83 bits per heavy atom. The highest BCUT2D eigenvalue weighted by molar-refractivity contribution is 5.44. The van der Waals surface area contributed by atoms with Gasteiger partial charge < -0.3 is 14.8 Å². The Morgan fingerprint density at radius 1 is 1.11 bits per heavy atom. The lowest BCUT2D eigenvalue weighted by Gasteiger charge is -2.27. The van der Waals surface area contributed by atoms with E-state index in [4.69, 9.17) is 9.47 Å². The van der Waals surface area contributed by atoms with Gasteiger partial charge in [0.15, 0.2) is 11.5 Å². The van der Waals surface area contributed by atoms with Crippen LogP contribution in [0.3, 0.4) is 0 Å². The lowest BCUT2D eigenvalue weighted by molar-refractivity contribution is 0.174. The summed E-state index contributed by atoms with van der Waals surface area (Å²) in [6.45, 7) is 9.77. The van der Waals surface area contributed by atoms with E-state index in [0.717, 1.165) is 44.2 Å². The molecule has 0 spiro atoms. The van der Waals surface area contributed by atoms with Crippen LogP contribution in [-0.4, -0.2) is 37.9 Å². The molecule has 0 unspecified atom stereocenters. The van der Waals surface area contributed by atoms with Crippen LogP contribution in [0.25, 0.3) is 0 Å². The Bertz CT molecular complexity index is 376. The number of fused-ring (bicyclic) bond motifs is 1. The van der Waals surface area contributed by atoms with Crippen LogP contribution in [-0.2, 0) is 6.54 Å². The molecule has 0 radical (unpaired) electrons. The Morgan fingerprint density at radius 3 is 2.61 bits per heavy atom. The molecule has 0 saturated carbocycles. The molecule has 18 heavy (non-hydrogen) atoms. The quantitative estimate of drug-likeness (QED) is 0.868. The van der Waals surface area contributed by atoms with E-state index in [9.17, 15) is 0 Å². The molecule has 1 fully saturated rings. The van der Waals surface area contributed by atoms with Crippen molar-refractivity contribution < 1.29 is 9.47 Å². The Balaban J connectivity index is 0.000000574. The molecule has 1 aromatic rings. The zero-order valence-corrected chi connectivity index (χ0v) is 11.2. The predicted molar refractivity (Wildman–Crippen MR) is 72.1 cm³/mol. The molecule has 4 heteroatoms. The molecule has 1 N–H and O–H groups in total. The Labute approximate surface area is 109 Å². The maximum absolute atomic E-state index is 5.38. The highest BCUT2D eigenvalue weighted by atomic mass is 16.7. The van der Waals surface area contributed by atoms with Crippen molar-refractivity contribution in [2.75, 3.05) is 33.0 Å². The third-order valence-corrected chi connectivity index (χ3v) is 3.05. The van der Waals surface area contributed by atoms with Crippen LogP contribution in [0.4, 0.5) is 0 Å². The van der Waals surface area contributed by atoms with E-state index in [0.29, 0.717) is 6.79 Å². The molecule has 4 nitrogen and oxygen atoms in total. The first kappa shape index (κ1) is 13.2. The number of piperazine rings is 1. The number of nitrogens with one attached hydrogen (secondary N) is 1. The van der Waals surface area contributed by atoms with Gasteiger partial charge in [-0.1, -0.05) is 19.9 Å². The summed E-state index contributed by atoms with van der Waals surface area (Å²) in [6, 6.07) is 6.21. The molecule has 1 saturated heterocycles. The molecular weight excluding hydrogens is 228 g/mol. The van der Waals surface area contributed by atoms with Crippen LogP contribution < -0.4 is 14.8 Å². The van der Waals surface area contributed by atoms with Crippen molar-refractivity contribution in [1.82, 2.24) is 10.2 Å². The summed E-state index contributed by atoms with van der Waals surface area (Å²) in [5.74, 6) is 1.75. The van der Waals surface area contributed by atoms with Crippen molar-refractivity contribution in [3.8, 4) is 11.5 Å². The largest absolute Gasteiger partial charge is 0.454 e. The van der Waals surface area contributed by atoms with Gasteiger partial charge in [-0.2, -0.15) is 0 Å². The maximum Gasteiger partial charge on any atom is 0.231 e. The van der Waals surface area contributed by atoms with Gasteiger partial charge in [0, 0.05) is 32.7 Å². The summed E-state index contributed by atoms with van der Waals surface area (Å²) in [6.07, 6.45) is 0. The maximum atomic E-state index is 5.38. The van der Waals surface area contributed by atoms with Crippen molar-refractivity contribution in [1.29, 1.82) is 0 Å². The number of rotatable bonds is 2. The molecule has 0 bridgehead atoms. The summed E-state index contributed by atoms with van der Waals surface area (Å²) < 4.78 is 10.7. The van der Waals surface area contributed by atoms with E-state index < -0.39 is 0 Å². The van der Waals surface area contributed by atoms with Gasteiger partial charge in [-0.25, -0.2) is 0 Å². The Kier molecular flexibility index (Phi) is 4.84. The fourth-order valence-electron chi connectivity index (χ4n) is 2.17. The van der Waals surface area contributed by atoms with Gasteiger partial charge in [-0.15, -0.1) is 0 Å². The third-order valence-electron chi connectivity index (χ3n) is 3.05. The van der Waals surface area contributed by atoms with Gasteiger partial charge in [0.25, 0.3) is 0 Å². The molecule has 0 amide bonds. The number of nitrogens with zero attached hydrogens (tertiary/aromatic N) is 1. The average Bonchev–Trinajstić information content (AvgIpc) is 2.90. The number of benzene rings is 1. The minimum absolute atomic E-state index is 0.354. The van der Waals surface area contributed by atoms with Crippen LogP contribution >= 0.6 is 0 Å². The van der Waals surface area contributed by atoms with Crippen LogP contribution in [0.15, 0.2) is 18.2 Å². The van der Waals surface area contributed by atoms with E-state index in [1.54, 1.807) is 0 Å². The minimum atomic E-state index is 0.354. The first-order chi connectivity index (χ1) is 8.92. The van der Waals surface area contributed by atoms with Crippen molar-refractivity contribution in [3.05, 3.63) is 23.8 Å². The van der Waals surface area contributed by atoms with Crippen molar-refractivity contribution in [2.24, 2.45) is 0 Å². The highest BCUT2D eigenvalue weighted by Gasteiger charge is 2.15. The molecule has 2 aliphatic rings. The highest BCUT2D eigenvalue weighted by Crippen LogP contribution is 2.32. The topological polar surface area (TPSA) is 33.7 Å². The molecule has 100 valence electrons. The SMILES string of the molecule is CC.c1cc2c(cc1CN1CCNCC1)OCO2. The monoisotopic (exact) mass is 250 g/mol. The lowest BCUT2D eigenvalue weighted by Crippen LogP contribution is -2.42. The second kappa shape index (κ2) is 6.61. The van der Waals surface area contributed by atoms with Gasteiger partial charge in [-0.3, -0.25) is 4.90 Å². The summed E-state index contributed by atoms with van der Waals surface area (Å²) in [5, 5.41) is 3.36. The molecular formula is C14H22N2O2. The first-order valence-corrected chi connectivity index (χ1v) is 6.73. The molecule has 0 aromatic heterocycles. The summed E-state index contributed by atoms with van der Waals surface area (Å²) in [4.78, 5) is 2.45. The van der Waals surface area contributed by atoms with Crippen LogP contribution in [0.5, 0.6) is 11.5 Å². The van der Waals surface area contributed by atoms with Gasteiger partial charge >= 0.3 is 0 Å². The second-order valence-corrected chi connectivity index (χ2v) is 4.21. The van der Waals surface area contributed by atoms with Crippen molar-refractivity contribution >= 4 is 0 Å². The third kappa shape index (κ3) is 3.15. The molecule has 0 aliphatic carbocycles. The number of ether oxygens (including phenoxy) is 2. The molecule has 2 aliphatic heterocycles. The smallest absolute Gasteiger partial charge is 0.231 e. The van der Waals surface area contributed by atoms with Crippen LogP contribution in [0.1, 0.15) is 19.4 Å². The van der Waals surface area contributed by atoms with E-state index in [-0.39, 0.29) is 0 Å². The van der Waals surface area contributed by atoms with Crippen molar-refractivity contribution in [3.63, 3.8) is 0 Å². The van der Waals surface area contributed by atoms with E-state index in [2.05, 4.69) is 22.3 Å². The van der Waals surface area contributed by atoms with Gasteiger partial charge in [0.1, 0.15) is 0 Å². The summed E-state index contributed by atoms with van der Waals surface area (Å²) in [5.41, 5.74) is 1.30. The Hall–Kier alpha value is -1.26. The predicted octanol–water partition coefficient (Wildman–Crippen LogP) is 1.85. The second-order valence-electron chi connectivity index (χ2n) is 4.21. The molecule has 3 rings (SSSR count). The number of hydrogen-bond donors (Lipinski definition) is 1. The zero-order chi connectivity index (χ0) is 12.8.